The fourth-order valence-electron chi connectivity index (χ4n) is 0.0373. The van der Waals surface area contributed by atoms with Crippen molar-refractivity contribution < 1.29 is 4.84 Å². The molecule has 0 atom stereocenters. The first-order chi connectivity index (χ1) is 2.41. The van der Waals surface area contributed by atoms with Crippen LogP contribution in [-0.4, -0.2) is 6.73 Å². The van der Waals surface area contributed by atoms with Crippen LogP contribution in [0.2, 0.25) is 0 Å². The highest BCUT2D eigenvalue weighted by molar-refractivity contribution is 3.88. The molecule has 0 radical (unpaired) electrons. The summed E-state index contributed by atoms with van der Waals surface area (Å²) in [5, 5.41) is 2.48. The number of hydrogen-bond donors (Lipinski definition) is 2. The lowest BCUT2D eigenvalue weighted by Gasteiger charge is -1.80. The molecule has 0 rings (SSSR count). The molecular formula is CH5N3O. The third-order valence-electron chi connectivity index (χ3n) is 0.139. The van der Waals surface area contributed by atoms with Crippen molar-refractivity contribution in [1.82, 2.24) is 0 Å². The minimum Gasteiger partial charge on any atom is -0.364 e. The summed E-state index contributed by atoms with van der Waals surface area (Å²) in [7, 11) is 0. The molecule has 0 saturated heterocycles. The third-order valence-corrected chi connectivity index (χ3v) is 0.139. The summed E-state index contributed by atoms with van der Waals surface area (Å²) >= 11 is 0. The largest absolute Gasteiger partial charge is 0.364 e. The Balaban J connectivity index is 2.40. The van der Waals surface area contributed by atoms with Crippen LogP contribution in [0.4, 0.5) is 0 Å². The van der Waals surface area contributed by atoms with Gasteiger partial charge in [0, 0.05) is 5.28 Å². The van der Waals surface area contributed by atoms with Crippen LogP contribution in [0.3, 0.4) is 0 Å². The van der Waals surface area contributed by atoms with E-state index < -0.39 is 0 Å². The molecule has 4 nitrogen and oxygen atoms in total. The summed E-state index contributed by atoms with van der Waals surface area (Å²) in [6, 6.07) is 0. The van der Waals surface area contributed by atoms with Crippen LogP contribution < -0.4 is 5.73 Å². The van der Waals surface area contributed by atoms with Crippen LogP contribution in [0, 0.1) is 5.53 Å². The lowest BCUT2D eigenvalue weighted by molar-refractivity contribution is 0.123. The van der Waals surface area contributed by atoms with Gasteiger partial charge in [-0.3, -0.25) is 5.73 Å². The monoisotopic (exact) mass is 75.0 g/mol. The predicted molar refractivity (Wildman–Crippen MR) is 15.3 cm³/mol. The van der Waals surface area contributed by atoms with E-state index in [1.807, 2.05) is 0 Å². The molecule has 4 heteroatoms. The van der Waals surface area contributed by atoms with Crippen molar-refractivity contribution in [2.45, 2.75) is 0 Å². The molecule has 0 saturated carbocycles. The molecule has 0 heterocycles. The Hall–Kier alpha value is -0.640. The Kier molecular flexibility index (Phi) is 2.93. The van der Waals surface area contributed by atoms with Crippen LogP contribution in [0.5, 0.6) is 0 Å². The minimum absolute atomic E-state index is 0.0104. The van der Waals surface area contributed by atoms with Crippen molar-refractivity contribution in [3.05, 3.63) is 0 Å². The van der Waals surface area contributed by atoms with Gasteiger partial charge in [-0.1, -0.05) is 0 Å². The molecule has 3 N–H and O–H groups in total. The van der Waals surface area contributed by atoms with Crippen molar-refractivity contribution in [1.29, 1.82) is 5.53 Å². The second kappa shape index (κ2) is 3.36. The highest BCUT2D eigenvalue weighted by atomic mass is 16.6. The molecule has 30 valence electrons. The van der Waals surface area contributed by atoms with Crippen LogP contribution in [0.15, 0.2) is 5.28 Å². The van der Waals surface area contributed by atoms with Crippen LogP contribution in [0.1, 0.15) is 0 Å². The van der Waals surface area contributed by atoms with Gasteiger partial charge in [0.1, 0.15) is 0 Å². The fourth-order valence-corrected chi connectivity index (χ4v) is 0.0373. The Morgan fingerprint density at radius 3 is 2.60 bits per heavy atom. The number of nitrogens with one attached hydrogen (secondary N) is 1. The zero-order valence-electron chi connectivity index (χ0n) is 2.64. The Bertz CT molecular complexity index is 28.1. The van der Waals surface area contributed by atoms with Gasteiger partial charge in [0.2, 0.25) is 0 Å². The lowest BCUT2D eigenvalue weighted by atomic mass is 11.4. The van der Waals surface area contributed by atoms with E-state index in [-0.39, 0.29) is 6.73 Å². The molecule has 0 aromatic carbocycles. The van der Waals surface area contributed by atoms with Crippen LogP contribution >= 0.6 is 0 Å². The predicted octanol–water partition coefficient (Wildman–Crippen LogP) is -0.135. The molecule has 5 heavy (non-hydrogen) atoms. The van der Waals surface area contributed by atoms with Gasteiger partial charge in [0.15, 0.2) is 6.73 Å². The van der Waals surface area contributed by atoms with Gasteiger partial charge in [-0.05, 0) is 0 Å². The van der Waals surface area contributed by atoms with Crippen molar-refractivity contribution in [3.63, 3.8) is 0 Å². The minimum atomic E-state index is -0.0104. The van der Waals surface area contributed by atoms with E-state index in [0.717, 1.165) is 0 Å². The topological polar surface area (TPSA) is 71.5 Å². The van der Waals surface area contributed by atoms with Gasteiger partial charge in [-0.15, -0.1) is 0 Å². The van der Waals surface area contributed by atoms with E-state index in [1.165, 1.54) is 0 Å². The number of nitrogens with zero attached hydrogens (tertiary/aromatic N) is 1. The summed E-state index contributed by atoms with van der Waals surface area (Å²) in [6.45, 7) is -0.0104. The van der Waals surface area contributed by atoms with Crippen molar-refractivity contribution in [2.24, 2.45) is 11.0 Å². The standard InChI is InChI=1S/CH5N3O/c2-1-5-4-3/h3H,1-2H2. The summed E-state index contributed by atoms with van der Waals surface area (Å²) < 4.78 is 0. The van der Waals surface area contributed by atoms with Crippen molar-refractivity contribution in [2.75, 3.05) is 6.73 Å². The molecule has 0 aliphatic carbocycles. The maximum Gasteiger partial charge on any atom is 0.167 e. The van der Waals surface area contributed by atoms with Gasteiger partial charge < -0.3 is 4.84 Å². The van der Waals surface area contributed by atoms with E-state index in [2.05, 4.69) is 10.1 Å². The first-order valence-corrected chi connectivity index (χ1v) is 1.10. The first-order valence-electron chi connectivity index (χ1n) is 1.10. The second-order valence-corrected chi connectivity index (χ2v) is 0.387. The second-order valence-electron chi connectivity index (χ2n) is 0.387. The van der Waals surface area contributed by atoms with Gasteiger partial charge in [0.25, 0.3) is 0 Å². The van der Waals surface area contributed by atoms with E-state index in [1.54, 1.807) is 0 Å². The van der Waals surface area contributed by atoms with Gasteiger partial charge in [-0.2, -0.15) is 5.53 Å². The van der Waals surface area contributed by atoms with Crippen molar-refractivity contribution >= 4 is 0 Å². The van der Waals surface area contributed by atoms with E-state index in [9.17, 15) is 0 Å². The molecule has 0 amide bonds. The first kappa shape index (κ1) is 4.36. The van der Waals surface area contributed by atoms with E-state index in [4.69, 9.17) is 11.3 Å². The summed E-state index contributed by atoms with van der Waals surface area (Å²) in [4.78, 5) is 3.90. The van der Waals surface area contributed by atoms with Crippen LogP contribution in [-0.2, 0) is 4.84 Å². The highest BCUT2D eigenvalue weighted by Crippen LogP contribution is 1.58. The molecule has 0 aliphatic rings. The molecule has 0 aromatic heterocycles. The molecule has 0 bridgehead atoms. The Morgan fingerprint density at radius 1 is 2.00 bits per heavy atom. The Morgan fingerprint density at radius 2 is 2.60 bits per heavy atom. The average molecular weight is 75.1 g/mol. The van der Waals surface area contributed by atoms with E-state index >= 15 is 0 Å². The highest BCUT2D eigenvalue weighted by Gasteiger charge is 1.57. The smallest absolute Gasteiger partial charge is 0.167 e. The number of rotatable bonds is 2. The number of hydrogen-bond acceptors (Lipinski definition) is 4. The molecule has 0 aromatic rings. The van der Waals surface area contributed by atoms with Gasteiger partial charge >= 0.3 is 0 Å². The summed E-state index contributed by atoms with van der Waals surface area (Å²) in [5.41, 5.74) is 10.6. The number of nitrogens with two attached hydrogens (primary N) is 1. The molecule has 0 spiro atoms. The third kappa shape index (κ3) is 3.36. The van der Waals surface area contributed by atoms with Gasteiger partial charge in [-0.25, -0.2) is 0 Å². The molecule has 0 fully saturated rings. The quantitative estimate of drug-likeness (QED) is 0.272. The van der Waals surface area contributed by atoms with Crippen molar-refractivity contribution in [3.8, 4) is 0 Å². The average Bonchev–Trinajstić information content (AvgIpc) is 1.41. The summed E-state index contributed by atoms with van der Waals surface area (Å²) in [5.74, 6) is 0. The normalized spacial score (nSPS) is 6.60. The zero-order chi connectivity index (χ0) is 4.12. The summed E-state index contributed by atoms with van der Waals surface area (Å²) in [6.07, 6.45) is 0. The maximum absolute atomic E-state index is 5.93. The molecule has 0 unspecified atom stereocenters. The van der Waals surface area contributed by atoms with Gasteiger partial charge in [0.05, 0.1) is 0 Å². The SMILES string of the molecule is N=NOCN. The fraction of sp³-hybridized carbons (Fsp3) is 1.00. The molecular weight excluding hydrogens is 70.0 g/mol. The van der Waals surface area contributed by atoms with E-state index in [0.29, 0.717) is 0 Å². The Labute approximate surface area is 29.4 Å². The van der Waals surface area contributed by atoms with Crippen LogP contribution in [0.25, 0.3) is 0 Å². The zero-order valence-corrected chi connectivity index (χ0v) is 2.64. The lowest BCUT2D eigenvalue weighted by Crippen LogP contribution is -1.97. The maximum atomic E-state index is 5.93. The molecule has 0 aliphatic heterocycles.